The molecule has 0 amide bonds. The average molecular weight is 995 g/mol. The van der Waals surface area contributed by atoms with Crippen molar-refractivity contribution in [1.29, 1.82) is 0 Å². The first kappa shape index (κ1) is 51.2. The number of fused-ring (bicyclic) bond motifs is 14. The van der Waals surface area contributed by atoms with Crippen molar-refractivity contribution in [3.05, 3.63) is 47.6 Å². The maximum atomic E-state index is 14.3. The van der Waals surface area contributed by atoms with Crippen molar-refractivity contribution in [2.75, 3.05) is 6.61 Å². The molecule has 0 aromatic heterocycles. The lowest BCUT2D eigenvalue weighted by Gasteiger charge is -2.59. The number of aliphatic hydroxyl groups excluding tert-OH is 3. The van der Waals surface area contributed by atoms with Crippen LogP contribution < -0.4 is 0 Å². The van der Waals surface area contributed by atoms with E-state index < -0.39 is 59.5 Å². The summed E-state index contributed by atoms with van der Waals surface area (Å²) in [6.45, 7) is 11.7. The molecule has 0 aromatic rings. The summed E-state index contributed by atoms with van der Waals surface area (Å²) in [5, 5.41) is 33.6. The van der Waals surface area contributed by atoms with E-state index in [1.807, 2.05) is 26.0 Å². The van der Waals surface area contributed by atoms with Crippen molar-refractivity contribution < 1.29 is 58.2 Å². The zero-order valence-corrected chi connectivity index (χ0v) is 43.8. The van der Waals surface area contributed by atoms with Crippen LogP contribution in [0.2, 0.25) is 0 Å². The molecule has 72 heavy (non-hydrogen) atoms. The number of rotatable bonds is 8. The van der Waals surface area contributed by atoms with Crippen molar-refractivity contribution >= 4 is 28.9 Å². The molecule has 3 N–H and O–H groups in total. The van der Waals surface area contributed by atoms with Gasteiger partial charge in [0.05, 0.1) is 30.8 Å². The fourth-order valence-corrected chi connectivity index (χ4v) is 19.0. The van der Waals surface area contributed by atoms with Gasteiger partial charge in [-0.1, -0.05) is 103 Å². The number of carbonyl (C=O) groups is 5. The Bertz CT molecular complexity index is 2350. The fraction of sp³-hybridized carbons (Fsp3) is 0.783. The minimum Gasteiger partial charge on any atom is -0.393 e. The van der Waals surface area contributed by atoms with Crippen molar-refractivity contribution in [2.24, 2.45) is 74.9 Å². The largest absolute Gasteiger partial charge is 0.393 e. The fourth-order valence-electron chi connectivity index (χ4n) is 19.0. The number of ketones is 5. The summed E-state index contributed by atoms with van der Waals surface area (Å²) in [6, 6.07) is 0. The smallest absolute Gasteiger partial charge is 0.193 e. The van der Waals surface area contributed by atoms with E-state index in [1.165, 1.54) is 12.8 Å². The van der Waals surface area contributed by atoms with Crippen LogP contribution in [0.15, 0.2) is 47.6 Å². The Hall–Kier alpha value is -2.97. The number of ether oxygens (including phenoxy) is 4. The van der Waals surface area contributed by atoms with E-state index in [9.17, 15) is 39.3 Å². The summed E-state index contributed by atoms with van der Waals surface area (Å²) >= 11 is 0. The third-order valence-corrected chi connectivity index (χ3v) is 22.5. The molecule has 8 saturated carbocycles. The second-order valence-corrected chi connectivity index (χ2v) is 26.2. The van der Waals surface area contributed by atoms with E-state index in [4.69, 9.17) is 18.9 Å². The molecular weight excluding hydrogens is 913 g/mol. The molecule has 0 spiro atoms. The predicted molar refractivity (Wildman–Crippen MR) is 266 cm³/mol. The van der Waals surface area contributed by atoms with Crippen LogP contribution in [-0.2, 0) is 42.9 Å². The summed E-state index contributed by atoms with van der Waals surface area (Å²) in [5.41, 5.74) is -2.11. The Balaban J connectivity index is 0.000000157. The van der Waals surface area contributed by atoms with Gasteiger partial charge in [0.25, 0.3) is 0 Å². The van der Waals surface area contributed by atoms with Gasteiger partial charge >= 0.3 is 0 Å². The number of carbonyl (C=O) groups excluding carboxylic acids is 5. The second-order valence-electron chi connectivity index (χ2n) is 26.2. The highest BCUT2D eigenvalue weighted by atomic mass is 16.8. The van der Waals surface area contributed by atoms with Crippen LogP contribution in [0.3, 0.4) is 0 Å². The highest BCUT2D eigenvalue weighted by Gasteiger charge is 2.78. The molecule has 394 valence electrons. The van der Waals surface area contributed by atoms with E-state index in [2.05, 4.69) is 27.7 Å². The SMILES string of the molecule is CC(C)C(=O)CC(=O)C12OC(C3CCCCC3)OC1CC1C3CCC4=CC(=O)C=CC4(C)C3C(O)CC12C.CC12C=CC(=O)C=C1CCC1C2C(O)CC2(C)C1CC1OC(C3CCCCC3)OC12C(=O)CO. The maximum Gasteiger partial charge on any atom is 0.193 e. The average Bonchev–Trinajstić information content (AvgIpc) is 4.07. The van der Waals surface area contributed by atoms with Crippen molar-refractivity contribution in [3.63, 3.8) is 0 Å². The summed E-state index contributed by atoms with van der Waals surface area (Å²) < 4.78 is 26.9. The van der Waals surface area contributed by atoms with Crippen LogP contribution in [0.25, 0.3) is 0 Å². The standard InChI is InChI=1S/C32H44O6.C28H38O6/c1-18(2)24(34)16-26(36)32-27(37-29(38-32)19-8-6-5-7-9-19)15-23-22-11-10-20-14-21(33)12-13-30(20,3)28(22)25(35)17-31(23,32)4;1-26-11-10-18(30)12-17(26)8-9-19-20-13-23-28(22(32)15-29,27(20,2)14-21(31)24(19)26)34-25(33-23)16-6-4-3-5-7-16/h12-14,18-19,22-23,25,27-29,35H,5-11,15-17H2,1-4H3;10-12,16,19-21,23-25,29,31H,3-9,13-15H2,1-2H3. The predicted octanol–water partition coefficient (Wildman–Crippen LogP) is 8.62. The molecule has 0 bridgehead atoms. The topological polar surface area (TPSA) is 183 Å². The highest BCUT2D eigenvalue weighted by molar-refractivity contribution is 6.05. The number of Topliss-reactive ketones (excluding diaryl/α,β-unsaturated/α-hetero) is 3. The summed E-state index contributed by atoms with van der Waals surface area (Å²) in [6.07, 6.45) is 24.8. The minimum absolute atomic E-state index is 0.0100. The number of allylic oxidation sites excluding steroid dienone is 8. The second kappa shape index (κ2) is 18.4. The van der Waals surface area contributed by atoms with Crippen LogP contribution in [0.5, 0.6) is 0 Å². The molecule has 2 heterocycles. The quantitative estimate of drug-likeness (QED) is 0.197. The van der Waals surface area contributed by atoms with E-state index in [1.54, 1.807) is 24.3 Å². The zero-order chi connectivity index (χ0) is 50.9. The minimum atomic E-state index is -1.20. The normalized spacial score (nSPS) is 48.1. The molecule has 18 atom stereocenters. The van der Waals surface area contributed by atoms with Crippen LogP contribution in [-0.4, -0.2) is 99.0 Å². The third kappa shape index (κ3) is 7.38. The van der Waals surface area contributed by atoms with E-state index >= 15 is 0 Å². The molecule has 2 aliphatic heterocycles. The molecule has 12 aliphatic rings. The summed E-state index contributed by atoms with van der Waals surface area (Å²) in [7, 11) is 0. The highest BCUT2D eigenvalue weighted by Crippen LogP contribution is 2.72. The first-order valence-corrected chi connectivity index (χ1v) is 28.4. The molecule has 18 unspecified atom stereocenters. The Morgan fingerprint density at radius 3 is 1.44 bits per heavy atom. The molecule has 10 fully saturated rings. The maximum absolute atomic E-state index is 14.3. The Labute approximate surface area is 426 Å². The van der Waals surface area contributed by atoms with Gasteiger partial charge < -0.3 is 34.3 Å². The molecule has 0 radical (unpaired) electrons. The lowest BCUT2D eigenvalue weighted by Crippen LogP contribution is -2.63. The number of hydrogen-bond acceptors (Lipinski definition) is 12. The van der Waals surface area contributed by atoms with Gasteiger partial charge in [0.15, 0.2) is 46.9 Å². The van der Waals surface area contributed by atoms with Crippen LogP contribution in [0.4, 0.5) is 0 Å². The van der Waals surface area contributed by atoms with Crippen LogP contribution >= 0.6 is 0 Å². The zero-order valence-electron chi connectivity index (χ0n) is 43.8. The monoisotopic (exact) mass is 995 g/mol. The van der Waals surface area contributed by atoms with Crippen molar-refractivity contribution in [1.82, 2.24) is 0 Å². The van der Waals surface area contributed by atoms with Gasteiger partial charge in [-0.05, 0) is 125 Å². The first-order chi connectivity index (χ1) is 34.3. The summed E-state index contributed by atoms with van der Waals surface area (Å²) in [4.78, 5) is 64.9. The first-order valence-electron chi connectivity index (χ1n) is 28.4. The lowest BCUT2D eigenvalue weighted by molar-refractivity contribution is -0.209. The number of hydrogen-bond donors (Lipinski definition) is 3. The van der Waals surface area contributed by atoms with Gasteiger partial charge in [-0.15, -0.1) is 0 Å². The molecular formula is C60H82O12. The van der Waals surface area contributed by atoms with Crippen LogP contribution in [0.1, 0.15) is 164 Å². The van der Waals surface area contributed by atoms with E-state index in [0.29, 0.717) is 19.3 Å². The molecule has 0 aromatic carbocycles. The Morgan fingerprint density at radius 1 is 0.625 bits per heavy atom. The van der Waals surface area contributed by atoms with Gasteiger partial charge in [0.1, 0.15) is 12.4 Å². The molecule has 12 nitrogen and oxygen atoms in total. The van der Waals surface area contributed by atoms with Crippen LogP contribution in [0, 0.1) is 74.9 Å². The number of aliphatic hydroxyl groups is 3. The van der Waals surface area contributed by atoms with Gasteiger partial charge in [0.2, 0.25) is 0 Å². The van der Waals surface area contributed by atoms with Gasteiger partial charge in [-0.2, -0.15) is 0 Å². The molecule has 2 saturated heterocycles. The lowest BCUT2D eigenvalue weighted by atomic mass is 9.46. The Kier molecular flexibility index (Phi) is 13.0. The third-order valence-electron chi connectivity index (χ3n) is 22.5. The van der Waals surface area contributed by atoms with E-state index in [-0.39, 0.29) is 106 Å². The molecule has 10 aliphatic carbocycles. The molecule has 12 heteroatoms. The van der Waals surface area contributed by atoms with Gasteiger partial charge in [-0.3, -0.25) is 24.0 Å². The van der Waals surface area contributed by atoms with Gasteiger partial charge in [-0.25, -0.2) is 0 Å². The van der Waals surface area contributed by atoms with Gasteiger partial charge in [0, 0.05) is 51.2 Å². The van der Waals surface area contributed by atoms with Crippen molar-refractivity contribution in [2.45, 2.75) is 212 Å². The molecule has 12 rings (SSSR count). The Morgan fingerprint density at radius 2 is 1.04 bits per heavy atom. The van der Waals surface area contributed by atoms with E-state index in [0.717, 1.165) is 94.6 Å². The van der Waals surface area contributed by atoms with Crippen molar-refractivity contribution in [3.8, 4) is 0 Å². The summed E-state index contributed by atoms with van der Waals surface area (Å²) in [5.74, 6) is 0.510.